The Bertz CT molecular complexity index is 166. The van der Waals surface area contributed by atoms with Crippen LogP contribution in [-0.4, -0.2) is 12.2 Å². The maximum atomic E-state index is 13.0. The summed E-state index contributed by atoms with van der Waals surface area (Å²) in [6.07, 6.45) is 8.16. The van der Waals surface area contributed by atoms with Gasteiger partial charge in [0.2, 0.25) is 0 Å². The number of hydrogen-bond acceptors (Lipinski definition) is 1. The van der Waals surface area contributed by atoms with E-state index in [-0.39, 0.29) is 0 Å². The molecular weight excluding hydrogens is 189 g/mol. The Kier molecular flexibility index (Phi) is 8.44. The minimum Gasteiger partial charge on any atom is -0.219 e. The zero-order valence-corrected chi connectivity index (χ0v) is 10.6. The van der Waals surface area contributed by atoms with Gasteiger partial charge in [0.1, 0.15) is 0 Å². The van der Waals surface area contributed by atoms with Gasteiger partial charge in [-0.1, -0.05) is 52.5 Å². The lowest BCUT2D eigenvalue weighted by atomic mass is 9.93. The molecule has 15 heavy (non-hydrogen) atoms. The third-order valence-corrected chi connectivity index (χ3v) is 2.93. The Hall–Kier alpha value is -0.530. The van der Waals surface area contributed by atoms with Crippen molar-refractivity contribution in [3.05, 3.63) is 12.3 Å². The minimum absolute atomic E-state index is 0.339. The molecule has 1 unspecified atom stereocenters. The molecular formula is C13H26FN. The summed E-state index contributed by atoms with van der Waals surface area (Å²) in [6, 6.07) is 0. The van der Waals surface area contributed by atoms with Gasteiger partial charge < -0.3 is 0 Å². The fourth-order valence-electron chi connectivity index (χ4n) is 1.82. The summed E-state index contributed by atoms with van der Waals surface area (Å²) in [5, 5.41) is 0.687. The van der Waals surface area contributed by atoms with Gasteiger partial charge in [-0.15, -0.1) is 4.48 Å². The van der Waals surface area contributed by atoms with Crippen molar-refractivity contribution in [1.29, 1.82) is 0 Å². The van der Waals surface area contributed by atoms with E-state index < -0.39 is 0 Å². The minimum atomic E-state index is 0.339. The molecule has 0 aliphatic carbocycles. The van der Waals surface area contributed by atoms with Crippen LogP contribution in [0.5, 0.6) is 0 Å². The number of unbranched alkanes of at least 4 members (excludes halogenated alkanes) is 3. The highest BCUT2D eigenvalue weighted by Gasteiger charge is 2.15. The Morgan fingerprint density at radius 2 is 1.67 bits per heavy atom. The van der Waals surface area contributed by atoms with Gasteiger partial charge in [0.25, 0.3) is 0 Å². The van der Waals surface area contributed by atoms with Crippen molar-refractivity contribution in [2.75, 3.05) is 7.05 Å². The van der Waals surface area contributed by atoms with E-state index in [1.807, 2.05) is 0 Å². The van der Waals surface area contributed by atoms with Gasteiger partial charge in [-0.2, -0.15) is 0 Å². The second-order valence-electron chi connectivity index (χ2n) is 4.30. The summed E-state index contributed by atoms with van der Waals surface area (Å²) in [7, 11) is 1.45. The summed E-state index contributed by atoms with van der Waals surface area (Å²) in [4.78, 5) is 0. The molecule has 0 fully saturated rings. The lowest BCUT2D eigenvalue weighted by Crippen LogP contribution is -2.15. The van der Waals surface area contributed by atoms with Crippen LogP contribution in [0, 0.1) is 5.92 Å². The lowest BCUT2D eigenvalue weighted by Gasteiger charge is -2.22. The molecule has 90 valence electrons. The van der Waals surface area contributed by atoms with Crippen molar-refractivity contribution in [3.63, 3.8) is 0 Å². The van der Waals surface area contributed by atoms with Crippen LogP contribution in [0.25, 0.3) is 0 Å². The van der Waals surface area contributed by atoms with Crippen LogP contribution in [0.2, 0.25) is 0 Å². The molecule has 1 atom stereocenters. The third-order valence-electron chi connectivity index (χ3n) is 2.93. The van der Waals surface area contributed by atoms with E-state index in [9.17, 15) is 4.48 Å². The number of allylic oxidation sites excluding steroid dienone is 1. The Morgan fingerprint density at radius 1 is 1.13 bits per heavy atom. The zero-order chi connectivity index (χ0) is 11.7. The molecule has 0 spiro atoms. The molecule has 2 heteroatoms. The van der Waals surface area contributed by atoms with Gasteiger partial charge in [0.05, 0.1) is 0 Å². The highest BCUT2D eigenvalue weighted by molar-refractivity contribution is 4.96. The normalized spacial score (nSPS) is 12.5. The van der Waals surface area contributed by atoms with Crippen molar-refractivity contribution in [3.8, 4) is 0 Å². The quantitative estimate of drug-likeness (QED) is 0.398. The van der Waals surface area contributed by atoms with Gasteiger partial charge in [-0.05, 0) is 12.8 Å². The fraction of sp³-hybridized carbons (Fsp3) is 0.846. The van der Waals surface area contributed by atoms with Crippen LogP contribution < -0.4 is 0 Å². The molecule has 0 aromatic heterocycles. The maximum Gasteiger partial charge on any atom is 0.0417 e. The third kappa shape index (κ3) is 6.53. The summed E-state index contributed by atoms with van der Waals surface area (Å²) in [5.41, 5.74) is 0.652. The van der Waals surface area contributed by atoms with Crippen molar-refractivity contribution >= 4 is 0 Å². The Balaban J connectivity index is 3.99. The Morgan fingerprint density at radius 3 is 2.13 bits per heavy atom. The topological polar surface area (TPSA) is 3.24 Å². The van der Waals surface area contributed by atoms with Crippen LogP contribution in [0.15, 0.2) is 12.3 Å². The average molecular weight is 215 g/mol. The molecule has 0 N–H and O–H groups in total. The molecule has 0 heterocycles. The summed E-state index contributed by atoms with van der Waals surface area (Å²) < 4.78 is 13.0. The molecule has 0 aliphatic rings. The van der Waals surface area contributed by atoms with E-state index in [0.717, 1.165) is 12.8 Å². The van der Waals surface area contributed by atoms with Crippen molar-refractivity contribution in [2.45, 2.75) is 58.8 Å². The van der Waals surface area contributed by atoms with Crippen LogP contribution in [0.3, 0.4) is 0 Å². The molecule has 0 radical (unpaired) electrons. The molecule has 0 bridgehead atoms. The maximum absolute atomic E-state index is 13.0. The summed E-state index contributed by atoms with van der Waals surface area (Å²) >= 11 is 0. The number of nitrogens with zero attached hydrogens (tertiary/aromatic N) is 1. The van der Waals surface area contributed by atoms with Gasteiger partial charge in [-0.3, -0.25) is 0 Å². The molecule has 1 nitrogen and oxygen atoms in total. The standard InChI is InChI=1S/C13H26FN/c1-5-7-9-11-13(10-8-6-2)12(3)15(4)14/h13H,3,5-11H2,1-2,4H3. The monoisotopic (exact) mass is 215 g/mol. The van der Waals surface area contributed by atoms with Crippen LogP contribution in [0.4, 0.5) is 4.48 Å². The van der Waals surface area contributed by atoms with Crippen LogP contribution in [0.1, 0.15) is 58.8 Å². The first kappa shape index (κ1) is 14.5. The predicted molar refractivity (Wildman–Crippen MR) is 65.2 cm³/mol. The first-order chi connectivity index (χ1) is 7.13. The summed E-state index contributed by atoms with van der Waals surface area (Å²) in [6.45, 7) is 8.20. The number of rotatable bonds is 9. The van der Waals surface area contributed by atoms with Gasteiger partial charge in [0, 0.05) is 18.7 Å². The second kappa shape index (κ2) is 8.75. The van der Waals surface area contributed by atoms with Crippen molar-refractivity contribution < 1.29 is 4.48 Å². The zero-order valence-electron chi connectivity index (χ0n) is 10.6. The molecule has 0 saturated carbocycles. The predicted octanol–water partition coefficient (Wildman–Crippen LogP) is 4.70. The molecule has 0 aromatic carbocycles. The number of halogens is 1. The van der Waals surface area contributed by atoms with Gasteiger partial charge in [-0.25, -0.2) is 5.12 Å². The Labute approximate surface area is 94.3 Å². The van der Waals surface area contributed by atoms with E-state index >= 15 is 0 Å². The van der Waals surface area contributed by atoms with Gasteiger partial charge in [0.15, 0.2) is 0 Å². The van der Waals surface area contributed by atoms with E-state index in [1.165, 1.54) is 39.2 Å². The molecule has 0 amide bonds. The summed E-state index contributed by atoms with van der Waals surface area (Å²) in [5.74, 6) is 0.339. The van der Waals surface area contributed by atoms with E-state index in [1.54, 1.807) is 0 Å². The highest BCUT2D eigenvalue weighted by atomic mass is 19.2. The molecule has 0 aliphatic heterocycles. The smallest absolute Gasteiger partial charge is 0.0417 e. The first-order valence-corrected chi connectivity index (χ1v) is 6.21. The molecule has 0 rings (SSSR count). The second-order valence-corrected chi connectivity index (χ2v) is 4.30. The van der Waals surface area contributed by atoms with Crippen molar-refractivity contribution in [1.82, 2.24) is 5.12 Å². The highest BCUT2D eigenvalue weighted by Crippen LogP contribution is 2.25. The molecule has 0 saturated heterocycles. The van der Waals surface area contributed by atoms with Crippen LogP contribution >= 0.6 is 0 Å². The SMILES string of the molecule is C=C(C(CCCC)CCCCC)N(C)F. The average Bonchev–Trinajstić information content (AvgIpc) is 2.22. The van der Waals surface area contributed by atoms with Crippen LogP contribution in [-0.2, 0) is 0 Å². The largest absolute Gasteiger partial charge is 0.219 e. The lowest BCUT2D eigenvalue weighted by molar-refractivity contribution is 0.0870. The van der Waals surface area contributed by atoms with E-state index in [2.05, 4.69) is 20.4 Å². The van der Waals surface area contributed by atoms with Crippen molar-refractivity contribution in [2.24, 2.45) is 5.92 Å². The molecule has 0 aromatic rings. The van der Waals surface area contributed by atoms with E-state index in [4.69, 9.17) is 0 Å². The fourth-order valence-corrected chi connectivity index (χ4v) is 1.82. The van der Waals surface area contributed by atoms with Gasteiger partial charge >= 0.3 is 0 Å². The number of hydrogen-bond donors (Lipinski definition) is 0. The first-order valence-electron chi connectivity index (χ1n) is 6.21. The van der Waals surface area contributed by atoms with E-state index in [0.29, 0.717) is 16.7 Å².